The summed E-state index contributed by atoms with van der Waals surface area (Å²) in [5.74, 6) is 0.606. The molecule has 206 valence electrons. The van der Waals surface area contributed by atoms with E-state index in [4.69, 9.17) is 4.98 Å². The fourth-order valence-corrected chi connectivity index (χ4v) is 8.12. The maximum absolute atomic E-state index is 14.1. The van der Waals surface area contributed by atoms with Crippen LogP contribution in [-0.4, -0.2) is 43.9 Å². The Labute approximate surface area is 234 Å². The molecule has 0 aliphatic carbocycles. The molecule has 0 radical (unpaired) electrons. The van der Waals surface area contributed by atoms with Gasteiger partial charge in [-0.3, -0.25) is 0 Å². The first-order valence-corrected chi connectivity index (χ1v) is 16.1. The number of hydrogen-bond donors (Lipinski definition) is 0. The standard InChI is InChI=1S/C31H43N3O2S2/c1-20(2)26-17-28(21(3)4)30(29(18-26)22(5)6)38(35,36)34-14-12-33(13-15-34)31-32-27(19-37-31)16-25-11-9-10-23(7)24(25)8/h9-11,17-22H,12-16H2,1-8H3. The van der Waals surface area contributed by atoms with E-state index in [0.29, 0.717) is 37.0 Å². The maximum atomic E-state index is 14.1. The highest BCUT2D eigenvalue weighted by molar-refractivity contribution is 7.89. The van der Waals surface area contributed by atoms with Crippen molar-refractivity contribution in [3.8, 4) is 0 Å². The number of nitrogens with zero attached hydrogens (tertiary/aromatic N) is 3. The fraction of sp³-hybridized carbons (Fsp3) is 0.516. The van der Waals surface area contributed by atoms with Gasteiger partial charge in [0.05, 0.1) is 10.6 Å². The van der Waals surface area contributed by atoms with Crippen LogP contribution < -0.4 is 4.90 Å². The molecule has 0 atom stereocenters. The van der Waals surface area contributed by atoms with Gasteiger partial charge in [0.25, 0.3) is 0 Å². The number of benzene rings is 2. The number of hydrogen-bond acceptors (Lipinski definition) is 5. The van der Waals surface area contributed by atoms with Crippen molar-refractivity contribution in [1.29, 1.82) is 0 Å². The molecule has 1 saturated heterocycles. The topological polar surface area (TPSA) is 53.5 Å². The molecule has 0 amide bonds. The minimum Gasteiger partial charge on any atom is -0.345 e. The molecule has 4 rings (SSSR count). The van der Waals surface area contributed by atoms with Crippen molar-refractivity contribution in [2.24, 2.45) is 0 Å². The molecule has 1 aliphatic heterocycles. The summed E-state index contributed by atoms with van der Waals surface area (Å²) in [7, 11) is -3.62. The third-order valence-electron chi connectivity index (χ3n) is 7.81. The summed E-state index contributed by atoms with van der Waals surface area (Å²) < 4.78 is 29.9. The Kier molecular flexibility index (Phi) is 8.70. The van der Waals surface area contributed by atoms with Crippen molar-refractivity contribution in [3.63, 3.8) is 0 Å². The average molecular weight is 554 g/mol. The zero-order valence-electron chi connectivity index (χ0n) is 24.2. The summed E-state index contributed by atoms with van der Waals surface area (Å²) in [6.45, 7) is 19.3. The number of aromatic nitrogens is 1. The lowest BCUT2D eigenvalue weighted by molar-refractivity contribution is 0.383. The lowest BCUT2D eigenvalue weighted by atomic mass is 9.89. The Morgan fingerprint density at radius 1 is 0.895 bits per heavy atom. The molecule has 38 heavy (non-hydrogen) atoms. The molecule has 0 unspecified atom stereocenters. The highest BCUT2D eigenvalue weighted by atomic mass is 32.2. The van der Waals surface area contributed by atoms with E-state index in [9.17, 15) is 8.42 Å². The number of sulfonamides is 1. The maximum Gasteiger partial charge on any atom is 0.243 e. The molecule has 1 fully saturated rings. The predicted molar refractivity (Wildman–Crippen MR) is 161 cm³/mol. The van der Waals surface area contributed by atoms with Gasteiger partial charge in [0.15, 0.2) is 5.13 Å². The van der Waals surface area contributed by atoms with Gasteiger partial charge in [-0.25, -0.2) is 13.4 Å². The molecule has 3 aromatic rings. The minimum absolute atomic E-state index is 0.128. The summed E-state index contributed by atoms with van der Waals surface area (Å²) in [4.78, 5) is 7.69. The van der Waals surface area contributed by atoms with Crippen LogP contribution in [0.25, 0.3) is 0 Å². The van der Waals surface area contributed by atoms with Crippen LogP contribution in [0.15, 0.2) is 40.6 Å². The molecule has 1 aromatic heterocycles. The first-order chi connectivity index (χ1) is 17.9. The monoisotopic (exact) mass is 553 g/mol. The van der Waals surface area contributed by atoms with E-state index in [1.54, 1.807) is 15.6 Å². The van der Waals surface area contributed by atoms with E-state index in [1.807, 2.05) is 0 Å². The highest BCUT2D eigenvalue weighted by Crippen LogP contribution is 2.37. The van der Waals surface area contributed by atoms with Crippen LogP contribution in [0.3, 0.4) is 0 Å². The molecule has 0 saturated carbocycles. The van der Waals surface area contributed by atoms with Crippen molar-refractivity contribution >= 4 is 26.5 Å². The summed E-state index contributed by atoms with van der Waals surface area (Å²) in [6, 6.07) is 10.7. The van der Waals surface area contributed by atoms with Gasteiger partial charge in [0, 0.05) is 38.0 Å². The van der Waals surface area contributed by atoms with E-state index in [1.165, 1.54) is 22.3 Å². The largest absolute Gasteiger partial charge is 0.345 e. The van der Waals surface area contributed by atoms with Gasteiger partial charge in [0.2, 0.25) is 10.0 Å². The van der Waals surface area contributed by atoms with Crippen LogP contribution in [0.5, 0.6) is 0 Å². The average Bonchev–Trinajstić information content (AvgIpc) is 3.34. The van der Waals surface area contributed by atoms with E-state index < -0.39 is 10.0 Å². The van der Waals surface area contributed by atoms with Gasteiger partial charge in [-0.05, 0) is 65.0 Å². The molecule has 0 spiro atoms. The molecule has 5 nitrogen and oxygen atoms in total. The van der Waals surface area contributed by atoms with Gasteiger partial charge in [-0.2, -0.15) is 4.31 Å². The number of piperazine rings is 1. The van der Waals surface area contributed by atoms with E-state index >= 15 is 0 Å². The van der Waals surface area contributed by atoms with Gasteiger partial charge in [-0.1, -0.05) is 71.9 Å². The van der Waals surface area contributed by atoms with Crippen LogP contribution in [0.2, 0.25) is 0 Å². The van der Waals surface area contributed by atoms with Gasteiger partial charge >= 0.3 is 0 Å². The Morgan fingerprint density at radius 2 is 1.50 bits per heavy atom. The SMILES string of the molecule is Cc1cccc(Cc2csc(N3CCN(S(=O)(=O)c4c(C(C)C)cc(C(C)C)cc4C(C)C)CC3)n2)c1C. The van der Waals surface area contributed by atoms with Gasteiger partial charge < -0.3 is 4.90 Å². The molecule has 0 N–H and O–H groups in total. The molecule has 2 heterocycles. The molecular formula is C31H43N3O2S2. The second-order valence-corrected chi connectivity index (χ2v) is 14.3. The number of thiazole rings is 1. The Balaban J connectivity index is 1.54. The second kappa shape index (κ2) is 11.5. The van der Waals surface area contributed by atoms with Crippen molar-refractivity contribution < 1.29 is 8.42 Å². The highest BCUT2D eigenvalue weighted by Gasteiger charge is 2.34. The van der Waals surface area contributed by atoms with Crippen LogP contribution in [-0.2, 0) is 16.4 Å². The minimum atomic E-state index is -3.62. The quantitative estimate of drug-likeness (QED) is 0.295. The molecule has 1 aliphatic rings. The Hall–Kier alpha value is -2.22. The zero-order chi connectivity index (χ0) is 27.8. The van der Waals surface area contributed by atoms with Crippen LogP contribution in [0, 0.1) is 13.8 Å². The molecule has 2 aromatic carbocycles. The van der Waals surface area contributed by atoms with E-state index in [2.05, 4.69) is 96.0 Å². The van der Waals surface area contributed by atoms with Crippen molar-refractivity contribution in [2.75, 3.05) is 31.1 Å². The number of aryl methyl sites for hydroxylation is 1. The Bertz CT molecular complexity index is 1350. The summed E-state index contributed by atoms with van der Waals surface area (Å²) in [5, 5.41) is 3.12. The number of anilines is 1. The van der Waals surface area contributed by atoms with E-state index in [-0.39, 0.29) is 11.8 Å². The fourth-order valence-electron chi connectivity index (χ4n) is 5.16. The van der Waals surface area contributed by atoms with Crippen molar-refractivity contribution in [3.05, 3.63) is 74.8 Å². The lowest BCUT2D eigenvalue weighted by Gasteiger charge is -2.35. The van der Waals surface area contributed by atoms with Gasteiger partial charge in [0.1, 0.15) is 0 Å². The third kappa shape index (κ3) is 5.85. The summed E-state index contributed by atoms with van der Waals surface area (Å²) in [6.07, 6.45) is 0.820. The zero-order valence-corrected chi connectivity index (χ0v) is 25.8. The normalized spacial score (nSPS) is 15.3. The Morgan fingerprint density at radius 3 is 2.05 bits per heavy atom. The lowest BCUT2D eigenvalue weighted by Crippen LogP contribution is -2.49. The third-order valence-corrected chi connectivity index (χ3v) is 10.8. The van der Waals surface area contributed by atoms with Crippen molar-refractivity contribution in [2.45, 2.75) is 84.5 Å². The van der Waals surface area contributed by atoms with E-state index in [0.717, 1.165) is 28.4 Å². The van der Waals surface area contributed by atoms with Crippen LogP contribution >= 0.6 is 11.3 Å². The predicted octanol–water partition coefficient (Wildman–Crippen LogP) is 7.23. The molecule has 0 bridgehead atoms. The summed E-state index contributed by atoms with van der Waals surface area (Å²) in [5.41, 5.74) is 8.10. The van der Waals surface area contributed by atoms with Crippen LogP contribution in [0.1, 0.15) is 98.4 Å². The first kappa shape index (κ1) is 28.8. The first-order valence-electron chi connectivity index (χ1n) is 13.8. The number of rotatable bonds is 8. The summed E-state index contributed by atoms with van der Waals surface area (Å²) >= 11 is 1.65. The molecular weight excluding hydrogens is 510 g/mol. The second-order valence-electron chi connectivity index (χ2n) is 11.5. The molecule has 7 heteroatoms. The van der Waals surface area contributed by atoms with Crippen LogP contribution in [0.4, 0.5) is 5.13 Å². The smallest absolute Gasteiger partial charge is 0.243 e. The van der Waals surface area contributed by atoms with Crippen molar-refractivity contribution in [1.82, 2.24) is 9.29 Å². The van der Waals surface area contributed by atoms with Gasteiger partial charge in [-0.15, -0.1) is 11.3 Å².